The Labute approximate surface area is 162 Å². The van der Waals surface area contributed by atoms with Crippen molar-refractivity contribution in [1.29, 1.82) is 0 Å². The number of halogens is 2. The molecule has 0 radical (unpaired) electrons. The fourth-order valence-electron chi connectivity index (χ4n) is 2.29. The van der Waals surface area contributed by atoms with E-state index in [9.17, 15) is 9.59 Å². The Hall–Kier alpha value is -2.08. The molecule has 0 aliphatic heterocycles. The predicted molar refractivity (Wildman–Crippen MR) is 104 cm³/mol. The standard InChI is InChI=1S/C19H20Cl2N2O3/c20-15-7-3-8-16(21)19(15)23-17-9-2-1-5-13(17)11-18(25)26-12-14(24)6-4-10-22/h1-3,5,7-9,23H,4,6,10-12,22H2. The zero-order valence-corrected chi connectivity index (χ0v) is 15.6. The van der Waals surface area contributed by atoms with E-state index in [1.165, 1.54) is 0 Å². The number of nitrogens with two attached hydrogens (primary N) is 1. The minimum atomic E-state index is -0.481. The van der Waals surface area contributed by atoms with Crippen LogP contribution in [0.25, 0.3) is 0 Å². The van der Waals surface area contributed by atoms with Crippen LogP contribution in [0.4, 0.5) is 11.4 Å². The lowest BCUT2D eigenvalue weighted by Gasteiger charge is -2.14. The Bertz CT molecular complexity index is 761. The molecule has 0 saturated heterocycles. The number of hydrogen-bond donors (Lipinski definition) is 2. The van der Waals surface area contributed by atoms with Gasteiger partial charge in [0.05, 0.1) is 22.2 Å². The molecule has 0 spiro atoms. The topological polar surface area (TPSA) is 81.4 Å². The van der Waals surface area contributed by atoms with Crippen molar-refractivity contribution in [3.63, 3.8) is 0 Å². The van der Waals surface area contributed by atoms with Crippen molar-refractivity contribution >= 4 is 46.3 Å². The Kier molecular flexibility index (Phi) is 7.91. The van der Waals surface area contributed by atoms with E-state index in [4.69, 9.17) is 33.7 Å². The van der Waals surface area contributed by atoms with Crippen LogP contribution in [-0.4, -0.2) is 24.9 Å². The van der Waals surface area contributed by atoms with Crippen molar-refractivity contribution in [3.05, 3.63) is 58.1 Å². The first-order valence-corrected chi connectivity index (χ1v) is 8.93. The van der Waals surface area contributed by atoms with E-state index in [1.807, 2.05) is 18.2 Å². The van der Waals surface area contributed by atoms with Crippen molar-refractivity contribution in [2.75, 3.05) is 18.5 Å². The summed E-state index contributed by atoms with van der Waals surface area (Å²) in [7, 11) is 0. The molecule has 0 fully saturated rings. The lowest BCUT2D eigenvalue weighted by Crippen LogP contribution is -2.16. The second kappa shape index (κ2) is 10.2. The first kappa shape index (κ1) is 20.2. The van der Waals surface area contributed by atoms with Gasteiger partial charge in [0.2, 0.25) is 0 Å². The van der Waals surface area contributed by atoms with Crippen LogP contribution in [0.2, 0.25) is 10.0 Å². The van der Waals surface area contributed by atoms with Gasteiger partial charge in [0.15, 0.2) is 5.78 Å². The Morgan fingerprint density at radius 1 is 1.04 bits per heavy atom. The molecule has 138 valence electrons. The van der Waals surface area contributed by atoms with Crippen molar-refractivity contribution in [1.82, 2.24) is 0 Å². The zero-order chi connectivity index (χ0) is 18.9. The molecule has 0 heterocycles. The lowest BCUT2D eigenvalue weighted by molar-refractivity contribution is -0.147. The molecule has 0 aliphatic rings. The van der Waals surface area contributed by atoms with Gasteiger partial charge in [-0.25, -0.2) is 0 Å². The minimum absolute atomic E-state index is 0.0232. The largest absolute Gasteiger partial charge is 0.457 e. The van der Waals surface area contributed by atoms with Crippen LogP contribution in [0.1, 0.15) is 18.4 Å². The molecule has 2 aromatic carbocycles. The second-order valence-corrected chi connectivity index (χ2v) is 6.46. The maximum atomic E-state index is 12.1. The zero-order valence-electron chi connectivity index (χ0n) is 14.1. The molecule has 7 heteroatoms. The van der Waals surface area contributed by atoms with Gasteiger partial charge in [-0.2, -0.15) is 0 Å². The third-order valence-electron chi connectivity index (χ3n) is 3.63. The van der Waals surface area contributed by atoms with Crippen LogP contribution in [0.15, 0.2) is 42.5 Å². The van der Waals surface area contributed by atoms with Gasteiger partial charge in [0.1, 0.15) is 6.61 Å². The Morgan fingerprint density at radius 3 is 2.42 bits per heavy atom. The third kappa shape index (κ3) is 6.02. The van der Waals surface area contributed by atoms with E-state index in [0.29, 0.717) is 46.4 Å². The Balaban J connectivity index is 2.02. The Morgan fingerprint density at radius 2 is 1.73 bits per heavy atom. The average molecular weight is 395 g/mol. The molecule has 0 unspecified atom stereocenters. The van der Waals surface area contributed by atoms with Crippen LogP contribution in [-0.2, 0) is 20.7 Å². The van der Waals surface area contributed by atoms with Gasteiger partial charge in [0.25, 0.3) is 0 Å². The minimum Gasteiger partial charge on any atom is -0.457 e. The molecular formula is C19H20Cl2N2O3. The smallest absolute Gasteiger partial charge is 0.310 e. The van der Waals surface area contributed by atoms with Crippen molar-refractivity contribution in [3.8, 4) is 0 Å². The van der Waals surface area contributed by atoms with E-state index in [1.54, 1.807) is 24.3 Å². The summed E-state index contributed by atoms with van der Waals surface area (Å²) in [4.78, 5) is 23.6. The molecule has 3 N–H and O–H groups in total. The number of benzene rings is 2. The van der Waals surface area contributed by atoms with Gasteiger partial charge in [-0.1, -0.05) is 47.5 Å². The molecular weight excluding hydrogens is 375 g/mol. The lowest BCUT2D eigenvalue weighted by atomic mass is 10.1. The van der Waals surface area contributed by atoms with Crippen LogP contribution in [0.5, 0.6) is 0 Å². The first-order valence-electron chi connectivity index (χ1n) is 8.17. The third-order valence-corrected chi connectivity index (χ3v) is 4.26. The maximum Gasteiger partial charge on any atom is 0.310 e. The number of nitrogens with one attached hydrogen (secondary N) is 1. The highest BCUT2D eigenvalue weighted by molar-refractivity contribution is 6.39. The molecule has 26 heavy (non-hydrogen) atoms. The van der Waals surface area contributed by atoms with Crippen LogP contribution < -0.4 is 11.1 Å². The molecule has 2 aromatic rings. The fraction of sp³-hybridized carbons (Fsp3) is 0.263. The number of ketones is 1. The van der Waals surface area contributed by atoms with Crippen molar-refractivity contribution in [2.45, 2.75) is 19.3 Å². The number of para-hydroxylation sites is 2. The summed E-state index contributed by atoms with van der Waals surface area (Å²) in [5, 5.41) is 4.10. The van der Waals surface area contributed by atoms with E-state index < -0.39 is 5.97 Å². The normalized spacial score (nSPS) is 10.4. The van der Waals surface area contributed by atoms with E-state index in [-0.39, 0.29) is 18.8 Å². The molecule has 0 amide bonds. The molecule has 0 aliphatic carbocycles. The number of hydrogen-bond acceptors (Lipinski definition) is 5. The van der Waals surface area contributed by atoms with Crippen molar-refractivity contribution in [2.24, 2.45) is 5.73 Å². The van der Waals surface area contributed by atoms with Gasteiger partial charge in [-0.05, 0) is 36.7 Å². The molecule has 5 nitrogen and oxygen atoms in total. The predicted octanol–water partition coefficient (Wildman–Crippen LogP) is 4.13. The number of carbonyl (C=O) groups is 2. The van der Waals surface area contributed by atoms with E-state index >= 15 is 0 Å². The summed E-state index contributed by atoms with van der Waals surface area (Å²) in [6, 6.07) is 12.5. The first-order chi connectivity index (χ1) is 12.5. The molecule has 0 bridgehead atoms. The summed E-state index contributed by atoms with van der Waals surface area (Å²) in [6.07, 6.45) is 0.921. The van der Waals surface area contributed by atoms with Gasteiger partial charge < -0.3 is 15.8 Å². The SMILES string of the molecule is NCCCC(=O)COC(=O)Cc1ccccc1Nc1c(Cl)cccc1Cl. The molecule has 0 saturated carbocycles. The van der Waals surface area contributed by atoms with Crippen molar-refractivity contribution < 1.29 is 14.3 Å². The van der Waals surface area contributed by atoms with Gasteiger partial charge in [-0.3, -0.25) is 9.59 Å². The van der Waals surface area contributed by atoms with E-state index in [0.717, 1.165) is 0 Å². The molecule has 2 rings (SSSR count). The maximum absolute atomic E-state index is 12.1. The van der Waals surface area contributed by atoms with Gasteiger partial charge >= 0.3 is 5.97 Å². The highest BCUT2D eigenvalue weighted by atomic mass is 35.5. The van der Waals surface area contributed by atoms with E-state index in [2.05, 4.69) is 5.32 Å². The average Bonchev–Trinajstić information content (AvgIpc) is 2.62. The van der Waals surface area contributed by atoms with Gasteiger partial charge in [0, 0.05) is 12.1 Å². The quantitative estimate of drug-likeness (QED) is 0.624. The fourth-order valence-corrected chi connectivity index (χ4v) is 2.78. The number of carbonyl (C=O) groups excluding carboxylic acids is 2. The summed E-state index contributed by atoms with van der Waals surface area (Å²) in [5.41, 5.74) is 7.31. The number of ether oxygens (including phenoxy) is 1. The highest BCUT2D eigenvalue weighted by Crippen LogP contribution is 2.33. The summed E-state index contributed by atoms with van der Waals surface area (Å²) < 4.78 is 5.05. The summed E-state index contributed by atoms with van der Waals surface area (Å²) in [6.45, 7) is 0.202. The molecule has 0 atom stereocenters. The van der Waals surface area contributed by atoms with Crippen LogP contribution in [0, 0.1) is 0 Å². The number of esters is 1. The number of anilines is 2. The van der Waals surface area contributed by atoms with Crippen LogP contribution in [0.3, 0.4) is 0 Å². The summed E-state index contributed by atoms with van der Waals surface area (Å²) >= 11 is 12.4. The van der Waals surface area contributed by atoms with Crippen LogP contribution >= 0.6 is 23.2 Å². The summed E-state index contributed by atoms with van der Waals surface area (Å²) in [5.74, 6) is -0.622. The highest BCUT2D eigenvalue weighted by Gasteiger charge is 2.13. The number of rotatable bonds is 9. The molecule has 0 aromatic heterocycles. The monoisotopic (exact) mass is 394 g/mol. The second-order valence-electron chi connectivity index (χ2n) is 5.65. The number of Topliss-reactive ketones (excluding diaryl/α,β-unsaturated/α-hetero) is 1. The van der Waals surface area contributed by atoms with Gasteiger partial charge in [-0.15, -0.1) is 0 Å².